The van der Waals surface area contributed by atoms with E-state index in [-0.39, 0.29) is 5.60 Å². The first-order chi connectivity index (χ1) is 9.25. The summed E-state index contributed by atoms with van der Waals surface area (Å²) in [4.78, 5) is 9.01. The Hall–Kier alpha value is -1.04. The van der Waals surface area contributed by atoms with Crippen LogP contribution in [-0.2, 0) is 19.8 Å². The second kappa shape index (κ2) is 6.41. The molecule has 1 saturated carbocycles. The van der Waals surface area contributed by atoms with Crippen LogP contribution < -0.4 is 0 Å². The van der Waals surface area contributed by atoms with Gasteiger partial charge in [-0.15, -0.1) is 0 Å². The molecule has 0 spiro atoms. The first-order valence-corrected chi connectivity index (χ1v) is 6.70. The van der Waals surface area contributed by atoms with Crippen molar-refractivity contribution in [3.63, 3.8) is 0 Å². The van der Waals surface area contributed by atoms with E-state index in [1.54, 1.807) is 27.5 Å². The fourth-order valence-corrected chi connectivity index (χ4v) is 2.70. The highest BCUT2D eigenvalue weighted by molar-refractivity contribution is 5.10. The lowest BCUT2D eigenvalue weighted by atomic mass is 9.84. The van der Waals surface area contributed by atoms with Crippen LogP contribution in [0.5, 0.6) is 0 Å². The van der Waals surface area contributed by atoms with Crippen molar-refractivity contribution in [2.45, 2.75) is 44.0 Å². The zero-order valence-corrected chi connectivity index (χ0v) is 11.9. The van der Waals surface area contributed by atoms with Gasteiger partial charge in [0.1, 0.15) is 11.3 Å². The number of rotatable bonds is 5. The molecule has 1 aromatic rings. The van der Waals surface area contributed by atoms with E-state index in [9.17, 15) is 0 Å². The molecular weight excluding hydrogens is 244 g/mol. The number of methoxy groups -OCH3 is 3. The number of nitrogens with zero attached hydrogens (tertiary/aromatic N) is 2. The first-order valence-electron chi connectivity index (χ1n) is 6.70. The zero-order valence-electron chi connectivity index (χ0n) is 11.9. The molecule has 5 nitrogen and oxygen atoms in total. The van der Waals surface area contributed by atoms with E-state index in [4.69, 9.17) is 14.2 Å². The molecule has 1 aliphatic rings. The molecule has 0 atom stereocenters. The summed E-state index contributed by atoms with van der Waals surface area (Å²) in [5.41, 5.74) is 0.386. The maximum atomic E-state index is 5.76. The van der Waals surface area contributed by atoms with Gasteiger partial charge in [0.25, 0.3) is 0 Å². The van der Waals surface area contributed by atoms with Gasteiger partial charge >= 0.3 is 0 Å². The Morgan fingerprint density at radius 2 is 1.79 bits per heavy atom. The standard InChI is InChI=1S/C14H22N2O3/c1-17-12(18-2)11-7-10-15-13(16-11)14(19-3)8-5-4-6-9-14/h7,10,12H,4-6,8-9H2,1-3H3. The molecule has 0 N–H and O–H groups in total. The van der Waals surface area contributed by atoms with Crippen LogP contribution in [0, 0.1) is 0 Å². The van der Waals surface area contributed by atoms with Crippen molar-refractivity contribution in [2.24, 2.45) is 0 Å². The molecule has 0 unspecified atom stereocenters. The first kappa shape index (κ1) is 14.4. The SMILES string of the molecule is COC(OC)c1ccnc(C2(OC)CCCCC2)n1. The lowest BCUT2D eigenvalue weighted by Crippen LogP contribution is -2.33. The fourth-order valence-electron chi connectivity index (χ4n) is 2.70. The molecule has 0 aliphatic heterocycles. The molecule has 19 heavy (non-hydrogen) atoms. The number of hydrogen-bond donors (Lipinski definition) is 0. The van der Waals surface area contributed by atoms with Crippen LogP contribution in [0.15, 0.2) is 12.3 Å². The second-order valence-electron chi connectivity index (χ2n) is 4.87. The molecule has 1 aromatic heterocycles. The normalized spacial score (nSPS) is 18.7. The zero-order chi connectivity index (χ0) is 13.7. The van der Waals surface area contributed by atoms with Crippen molar-refractivity contribution in [1.29, 1.82) is 0 Å². The van der Waals surface area contributed by atoms with Crippen LogP contribution in [0.3, 0.4) is 0 Å². The van der Waals surface area contributed by atoms with Gasteiger partial charge in [-0.1, -0.05) is 19.3 Å². The van der Waals surface area contributed by atoms with Crippen LogP contribution in [0.25, 0.3) is 0 Å². The minimum atomic E-state index is -0.459. The molecule has 0 amide bonds. The van der Waals surface area contributed by atoms with E-state index in [1.165, 1.54) is 6.42 Å². The van der Waals surface area contributed by atoms with Crippen LogP contribution in [0.2, 0.25) is 0 Å². The largest absolute Gasteiger partial charge is 0.370 e. The molecule has 5 heteroatoms. The van der Waals surface area contributed by atoms with Gasteiger partial charge in [0.2, 0.25) is 6.29 Å². The Morgan fingerprint density at radius 3 is 2.37 bits per heavy atom. The Kier molecular flexibility index (Phi) is 4.85. The Balaban J connectivity index is 2.30. The van der Waals surface area contributed by atoms with Gasteiger partial charge in [-0.05, 0) is 18.9 Å². The summed E-state index contributed by atoms with van der Waals surface area (Å²) in [6.07, 6.45) is 6.79. The summed E-state index contributed by atoms with van der Waals surface area (Å²) < 4.78 is 16.2. The van der Waals surface area contributed by atoms with Gasteiger partial charge in [-0.25, -0.2) is 9.97 Å². The highest BCUT2D eigenvalue weighted by Gasteiger charge is 2.37. The molecule has 1 aliphatic carbocycles. The monoisotopic (exact) mass is 266 g/mol. The average Bonchev–Trinajstić information content (AvgIpc) is 2.49. The predicted molar refractivity (Wildman–Crippen MR) is 70.6 cm³/mol. The highest BCUT2D eigenvalue weighted by atomic mass is 16.7. The van der Waals surface area contributed by atoms with Gasteiger partial charge < -0.3 is 14.2 Å². The molecule has 0 aromatic carbocycles. The molecule has 1 heterocycles. The summed E-state index contributed by atoms with van der Waals surface area (Å²) in [6.45, 7) is 0. The molecular formula is C14H22N2O3. The van der Waals surface area contributed by atoms with Crippen LogP contribution in [-0.4, -0.2) is 31.3 Å². The molecule has 106 valence electrons. The van der Waals surface area contributed by atoms with Gasteiger partial charge in [-0.2, -0.15) is 0 Å². The van der Waals surface area contributed by atoms with Crippen molar-refractivity contribution in [2.75, 3.05) is 21.3 Å². The van der Waals surface area contributed by atoms with E-state index in [2.05, 4.69) is 9.97 Å². The van der Waals surface area contributed by atoms with E-state index >= 15 is 0 Å². The Labute approximate surface area is 114 Å². The van der Waals surface area contributed by atoms with Gasteiger partial charge in [0.05, 0.1) is 0 Å². The summed E-state index contributed by atoms with van der Waals surface area (Å²) in [5, 5.41) is 0. The maximum absolute atomic E-state index is 5.76. The third-order valence-corrected chi connectivity index (χ3v) is 3.81. The molecule has 1 fully saturated rings. The Morgan fingerprint density at radius 1 is 1.11 bits per heavy atom. The third-order valence-electron chi connectivity index (χ3n) is 3.81. The highest BCUT2D eigenvalue weighted by Crippen LogP contribution is 2.38. The maximum Gasteiger partial charge on any atom is 0.200 e. The quantitative estimate of drug-likeness (QED) is 0.767. The number of aromatic nitrogens is 2. The predicted octanol–water partition coefficient (Wildman–Crippen LogP) is 2.57. The van der Waals surface area contributed by atoms with Gasteiger partial charge in [0.15, 0.2) is 5.82 Å². The average molecular weight is 266 g/mol. The van der Waals surface area contributed by atoms with E-state index in [1.807, 2.05) is 6.07 Å². The minimum absolute atomic E-state index is 0.347. The van der Waals surface area contributed by atoms with Gasteiger partial charge in [-0.3, -0.25) is 0 Å². The van der Waals surface area contributed by atoms with Crippen molar-refractivity contribution in [1.82, 2.24) is 9.97 Å². The topological polar surface area (TPSA) is 53.5 Å². The minimum Gasteiger partial charge on any atom is -0.370 e. The summed E-state index contributed by atoms with van der Waals surface area (Å²) in [6, 6.07) is 1.81. The number of ether oxygens (including phenoxy) is 3. The number of hydrogen-bond acceptors (Lipinski definition) is 5. The van der Waals surface area contributed by atoms with Crippen molar-refractivity contribution in [3.8, 4) is 0 Å². The van der Waals surface area contributed by atoms with Crippen molar-refractivity contribution < 1.29 is 14.2 Å². The lowest BCUT2D eigenvalue weighted by molar-refractivity contribution is -0.109. The lowest BCUT2D eigenvalue weighted by Gasteiger charge is -2.34. The van der Waals surface area contributed by atoms with E-state index in [0.717, 1.165) is 37.2 Å². The van der Waals surface area contributed by atoms with Crippen LogP contribution in [0.4, 0.5) is 0 Å². The summed E-state index contributed by atoms with van der Waals surface area (Å²) >= 11 is 0. The van der Waals surface area contributed by atoms with Gasteiger partial charge in [0, 0.05) is 27.5 Å². The third kappa shape index (κ3) is 2.94. The molecule has 0 radical (unpaired) electrons. The molecule has 0 saturated heterocycles. The van der Waals surface area contributed by atoms with Crippen molar-refractivity contribution >= 4 is 0 Å². The van der Waals surface area contributed by atoms with E-state index in [0.29, 0.717) is 0 Å². The van der Waals surface area contributed by atoms with Crippen LogP contribution in [0.1, 0.15) is 49.9 Å². The second-order valence-corrected chi connectivity index (χ2v) is 4.87. The smallest absolute Gasteiger partial charge is 0.200 e. The fraction of sp³-hybridized carbons (Fsp3) is 0.714. The molecule has 2 rings (SSSR count). The Bertz CT molecular complexity index is 401. The summed E-state index contributed by atoms with van der Waals surface area (Å²) in [7, 11) is 4.94. The summed E-state index contributed by atoms with van der Waals surface area (Å²) in [5.74, 6) is 0.742. The van der Waals surface area contributed by atoms with E-state index < -0.39 is 6.29 Å². The van der Waals surface area contributed by atoms with Crippen molar-refractivity contribution in [3.05, 3.63) is 23.8 Å². The molecule has 0 bridgehead atoms. The van der Waals surface area contributed by atoms with Crippen LogP contribution >= 0.6 is 0 Å².